The number of rotatable bonds is 0. The predicted molar refractivity (Wildman–Crippen MR) is 36.5 cm³/mol. The van der Waals surface area contributed by atoms with Gasteiger partial charge in [-0.05, 0) is 6.92 Å². The summed E-state index contributed by atoms with van der Waals surface area (Å²) in [5, 5.41) is 0. The average molecular weight is 134 g/mol. The average Bonchev–Trinajstić information content (AvgIpc) is 2.33. The van der Waals surface area contributed by atoms with Gasteiger partial charge in [-0.3, -0.25) is 0 Å². The predicted octanol–water partition coefficient (Wildman–Crippen LogP) is 0.457. The van der Waals surface area contributed by atoms with Crippen molar-refractivity contribution in [3.8, 4) is 0 Å². The molecule has 2 rings (SSSR count). The number of aryl methyl sites for hydroxylation is 1. The number of hydrogen-bond donors (Lipinski definition) is 1. The molecule has 0 saturated carbocycles. The molecular weight excluding hydrogens is 126 g/mol. The van der Waals surface area contributed by atoms with Gasteiger partial charge < -0.3 is 0 Å². The molecule has 0 unspecified atom stereocenters. The van der Waals surface area contributed by atoms with Gasteiger partial charge in [-0.2, -0.15) is 0 Å². The largest absolute Gasteiger partial charge is 0.400 e. The fourth-order valence-electron chi connectivity index (χ4n) is 0.940. The Morgan fingerprint density at radius 1 is 1.50 bits per heavy atom. The van der Waals surface area contributed by atoms with Gasteiger partial charge in [0.15, 0.2) is 0 Å². The smallest absolute Gasteiger partial charge is 0.245 e. The van der Waals surface area contributed by atoms with Crippen molar-refractivity contribution in [3.63, 3.8) is 0 Å². The second kappa shape index (κ2) is 1.80. The molecule has 2 aromatic heterocycles. The van der Waals surface area contributed by atoms with E-state index in [2.05, 4.69) is 9.97 Å². The maximum absolute atomic E-state index is 4.24. The Bertz CT molecular complexity index is 350. The highest BCUT2D eigenvalue weighted by molar-refractivity contribution is 5.16. The van der Waals surface area contributed by atoms with E-state index >= 15 is 0 Å². The zero-order valence-electron chi connectivity index (χ0n) is 5.70. The third kappa shape index (κ3) is 0.673. The van der Waals surface area contributed by atoms with Gasteiger partial charge in [0, 0.05) is 6.07 Å². The molecule has 2 heterocycles. The van der Waals surface area contributed by atoms with Crippen LogP contribution in [0.1, 0.15) is 5.69 Å². The van der Waals surface area contributed by atoms with Crippen molar-refractivity contribution in [3.05, 3.63) is 30.4 Å². The zero-order chi connectivity index (χ0) is 6.97. The second-order valence-corrected chi connectivity index (χ2v) is 2.26. The van der Waals surface area contributed by atoms with Crippen LogP contribution in [0.4, 0.5) is 0 Å². The van der Waals surface area contributed by atoms with Crippen LogP contribution in [0.5, 0.6) is 0 Å². The number of hydrogen-bond acceptors (Lipinski definition) is 1. The van der Waals surface area contributed by atoms with E-state index in [4.69, 9.17) is 0 Å². The summed E-state index contributed by atoms with van der Waals surface area (Å²) in [5.41, 5.74) is 1.03. The molecular formula is C7H8N3+. The summed E-state index contributed by atoms with van der Waals surface area (Å²) in [6, 6.07) is 1.97. The summed E-state index contributed by atoms with van der Waals surface area (Å²) in [6.07, 6.45) is 5.78. The number of aromatic amines is 1. The first-order chi connectivity index (χ1) is 4.86. The van der Waals surface area contributed by atoms with Crippen molar-refractivity contribution in [2.24, 2.45) is 0 Å². The Kier molecular flexibility index (Phi) is 0.974. The summed E-state index contributed by atoms with van der Waals surface area (Å²) in [7, 11) is 0. The van der Waals surface area contributed by atoms with Crippen LogP contribution in [0.25, 0.3) is 5.78 Å². The van der Waals surface area contributed by atoms with Crippen LogP contribution < -0.4 is 4.40 Å². The molecule has 0 aliphatic rings. The first-order valence-corrected chi connectivity index (χ1v) is 3.18. The Morgan fingerprint density at radius 3 is 3.30 bits per heavy atom. The minimum absolute atomic E-state index is 0.889. The minimum Gasteiger partial charge on any atom is -0.245 e. The van der Waals surface area contributed by atoms with Gasteiger partial charge in [-0.15, -0.1) is 0 Å². The molecule has 3 heteroatoms. The van der Waals surface area contributed by atoms with Crippen molar-refractivity contribution < 1.29 is 4.40 Å². The fourth-order valence-corrected chi connectivity index (χ4v) is 0.940. The second-order valence-electron chi connectivity index (χ2n) is 2.26. The Balaban J connectivity index is 2.86. The van der Waals surface area contributed by atoms with Gasteiger partial charge in [0.1, 0.15) is 11.9 Å². The van der Waals surface area contributed by atoms with Crippen molar-refractivity contribution >= 4 is 5.78 Å². The molecule has 0 fully saturated rings. The van der Waals surface area contributed by atoms with E-state index in [1.807, 2.05) is 36.0 Å². The standard InChI is InChI=1S/C7H7N3/c1-6-2-4-10-5-3-8-7(10)9-6/h2-5H,1H3/p+1. The van der Waals surface area contributed by atoms with Crippen LogP contribution in [0.2, 0.25) is 0 Å². The number of nitrogens with zero attached hydrogens (tertiary/aromatic N) is 2. The molecule has 10 heavy (non-hydrogen) atoms. The van der Waals surface area contributed by atoms with Crippen LogP contribution in [-0.4, -0.2) is 9.97 Å². The first kappa shape index (κ1) is 5.41. The van der Waals surface area contributed by atoms with E-state index in [0.29, 0.717) is 0 Å². The van der Waals surface area contributed by atoms with Gasteiger partial charge in [0.2, 0.25) is 0 Å². The molecule has 1 N–H and O–H groups in total. The zero-order valence-corrected chi connectivity index (χ0v) is 5.70. The number of imidazole rings is 1. The van der Waals surface area contributed by atoms with Crippen molar-refractivity contribution in [1.82, 2.24) is 9.97 Å². The number of aromatic nitrogens is 3. The molecule has 3 nitrogen and oxygen atoms in total. The van der Waals surface area contributed by atoms with Crippen LogP contribution in [-0.2, 0) is 0 Å². The van der Waals surface area contributed by atoms with Crippen LogP contribution in [0.15, 0.2) is 24.7 Å². The van der Waals surface area contributed by atoms with Crippen LogP contribution in [0.3, 0.4) is 0 Å². The third-order valence-corrected chi connectivity index (χ3v) is 1.45. The molecule has 0 aliphatic heterocycles. The molecule has 0 atom stereocenters. The number of H-pyrrole nitrogens is 1. The van der Waals surface area contributed by atoms with E-state index in [9.17, 15) is 0 Å². The molecule has 0 bridgehead atoms. The van der Waals surface area contributed by atoms with Gasteiger partial charge >= 0.3 is 5.78 Å². The monoisotopic (exact) mass is 134 g/mol. The normalized spacial score (nSPS) is 10.5. The molecule has 2 aromatic rings. The highest BCUT2D eigenvalue weighted by Gasteiger charge is 2.00. The van der Waals surface area contributed by atoms with E-state index < -0.39 is 0 Å². The lowest BCUT2D eigenvalue weighted by molar-refractivity contribution is -0.512. The summed E-state index contributed by atoms with van der Waals surface area (Å²) in [5.74, 6) is 0.889. The lowest BCUT2D eigenvalue weighted by Crippen LogP contribution is -2.18. The van der Waals surface area contributed by atoms with Crippen molar-refractivity contribution in [2.75, 3.05) is 0 Å². The molecule has 0 aliphatic carbocycles. The van der Waals surface area contributed by atoms with E-state index in [0.717, 1.165) is 11.5 Å². The quantitative estimate of drug-likeness (QED) is 0.521. The molecule has 50 valence electrons. The lowest BCUT2D eigenvalue weighted by atomic mass is 10.5. The van der Waals surface area contributed by atoms with Gasteiger partial charge in [0.05, 0.1) is 12.4 Å². The van der Waals surface area contributed by atoms with Gasteiger partial charge in [-0.25, -0.2) is 9.38 Å². The number of fused-ring (bicyclic) bond motifs is 1. The van der Waals surface area contributed by atoms with E-state index in [-0.39, 0.29) is 0 Å². The summed E-state index contributed by atoms with van der Waals surface area (Å²) in [6.45, 7) is 1.97. The highest BCUT2D eigenvalue weighted by atomic mass is 15.1. The van der Waals surface area contributed by atoms with Crippen molar-refractivity contribution in [1.29, 1.82) is 0 Å². The Morgan fingerprint density at radius 2 is 2.40 bits per heavy atom. The lowest BCUT2D eigenvalue weighted by Gasteiger charge is -1.82. The summed E-state index contributed by atoms with van der Waals surface area (Å²) in [4.78, 5) is 7.26. The maximum atomic E-state index is 4.24. The Hall–Kier alpha value is -1.38. The SMILES string of the molecule is Cc1cc[n+]2cc[nH]c2n1. The topological polar surface area (TPSA) is 32.8 Å². The Labute approximate surface area is 58.4 Å². The molecule has 0 radical (unpaired) electrons. The van der Waals surface area contributed by atoms with Gasteiger partial charge in [0.25, 0.3) is 0 Å². The molecule has 0 aromatic carbocycles. The first-order valence-electron chi connectivity index (χ1n) is 3.18. The summed E-state index contributed by atoms with van der Waals surface area (Å²) >= 11 is 0. The fraction of sp³-hybridized carbons (Fsp3) is 0.143. The van der Waals surface area contributed by atoms with E-state index in [1.54, 1.807) is 0 Å². The minimum atomic E-state index is 0.889. The molecule has 0 amide bonds. The highest BCUT2D eigenvalue weighted by Crippen LogP contribution is 1.89. The summed E-state index contributed by atoms with van der Waals surface area (Å²) < 4.78 is 1.94. The third-order valence-electron chi connectivity index (χ3n) is 1.45. The van der Waals surface area contributed by atoms with Gasteiger partial charge in [-0.1, -0.05) is 4.98 Å². The van der Waals surface area contributed by atoms with Crippen molar-refractivity contribution in [2.45, 2.75) is 6.92 Å². The number of nitrogens with one attached hydrogen (secondary N) is 1. The molecule has 0 saturated heterocycles. The maximum Gasteiger partial charge on any atom is 0.400 e. The van der Waals surface area contributed by atoms with Crippen LogP contribution >= 0.6 is 0 Å². The van der Waals surface area contributed by atoms with Crippen LogP contribution in [0, 0.1) is 6.92 Å². The van der Waals surface area contributed by atoms with E-state index in [1.165, 1.54) is 0 Å². The molecule has 0 spiro atoms.